The van der Waals surface area contributed by atoms with E-state index in [0.717, 1.165) is 16.9 Å². The Morgan fingerprint density at radius 1 is 1.12 bits per heavy atom. The van der Waals surface area contributed by atoms with Crippen LogP contribution in [0.4, 0.5) is 0 Å². The van der Waals surface area contributed by atoms with Gasteiger partial charge in [0, 0.05) is 17.9 Å². The molecule has 1 N–H and O–H groups in total. The van der Waals surface area contributed by atoms with Crippen molar-refractivity contribution < 1.29 is 19.4 Å². The molecule has 0 saturated heterocycles. The first-order valence-corrected chi connectivity index (χ1v) is 9.41. The van der Waals surface area contributed by atoms with Gasteiger partial charge in [0.25, 0.3) is 0 Å². The van der Waals surface area contributed by atoms with E-state index in [1.807, 2.05) is 54.6 Å². The minimum Gasteiger partial charge on any atom is -0.489 e. The predicted molar refractivity (Wildman–Crippen MR) is 101 cm³/mol. The van der Waals surface area contributed by atoms with Crippen LogP contribution in [-0.2, 0) is 22.6 Å². The van der Waals surface area contributed by atoms with Crippen LogP contribution < -0.4 is 4.74 Å². The second kappa shape index (κ2) is 10.8. The molecule has 0 saturated carbocycles. The molecule has 0 aliphatic rings. The van der Waals surface area contributed by atoms with Crippen molar-refractivity contribution in [2.45, 2.75) is 25.6 Å². The molecule has 0 heterocycles. The maximum Gasteiger partial charge on any atom is 0.306 e. The second-order valence-electron chi connectivity index (χ2n) is 5.64. The van der Waals surface area contributed by atoms with Gasteiger partial charge >= 0.3 is 5.97 Å². The van der Waals surface area contributed by atoms with Crippen LogP contribution >= 0.6 is 11.8 Å². The summed E-state index contributed by atoms with van der Waals surface area (Å²) in [7, 11) is 1.38. The SMILES string of the molecule is COC(=O)CCSCC(O)Cc1ccccc1OCc1ccccc1. The van der Waals surface area contributed by atoms with Gasteiger partial charge < -0.3 is 14.6 Å². The lowest BCUT2D eigenvalue weighted by Crippen LogP contribution is -2.15. The molecular weight excluding hydrogens is 336 g/mol. The van der Waals surface area contributed by atoms with Gasteiger partial charge in [-0.15, -0.1) is 0 Å². The van der Waals surface area contributed by atoms with Crippen LogP contribution in [0.3, 0.4) is 0 Å². The number of rotatable bonds is 10. The Bertz CT molecular complexity index is 645. The molecule has 0 aliphatic heterocycles. The van der Waals surface area contributed by atoms with Gasteiger partial charge in [-0.05, 0) is 17.2 Å². The average molecular weight is 360 g/mol. The van der Waals surface area contributed by atoms with Crippen molar-refractivity contribution in [3.8, 4) is 5.75 Å². The molecule has 2 aromatic rings. The summed E-state index contributed by atoms with van der Waals surface area (Å²) in [5.74, 6) is 1.80. The Kier molecular flexibility index (Phi) is 8.35. The summed E-state index contributed by atoms with van der Waals surface area (Å²) in [6, 6.07) is 17.8. The number of aliphatic hydroxyl groups excluding tert-OH is 1. The molecule has 0 fully saturated rings. The molecule has 0 bridgehead atoms. The third-order valence-electron chi connectivity index (χ3n) is 3.65. The largest absolute Gasteiger partial charge is 0.489 e. The van der Waals surface area contributed by atoms with Gasteiger partial charge in [-0.2, -0.15) is 11.8 Å². The molecule has 2 aromatic carbocycles. The number of aliphatic hydroxyl groups is 1. The van der Waals surface area contributed by atoms with Gasteiger partial charge in [0.15, 0.2) is 0 Å². The smallest absolute Gasteiger partial charge is 0.306 e. The van der Waals surface area contributed by atoms with Gasteiger partial charge in [0.05, 0.1) is 19.6 Å². The van der Waals surface area contributed by atoms with Crippen LogP contribution in [0.1, 0.15) is 17.5 Å². The molecule has 134 valence electrons. The van der Waals surface area contributed by atoms with Crippen molar-refractivity contribution in [2.75, 3.05) is 18.6 Å². The quantitative estimate of drug-likeness (QED) is 0.519. The fourth-order valence-electron chi connectivity index (χ4n) is 2.34. The average Bonchev–Trinajstić information content (AvgIpc) is 2.65. The molecular formula is C20H24O4S. The zero-order chi connectivity index (χ0) is 17.9. The molecule has 0 aliphatic carbocycles. The fourth-order valence-corrected chi connectivity index (χ4v) is 3.21. The molecule has 4 nitrogen and oxygen atoms in total. The highest BCUT2D eigenvalue weighted by molar-refractivity contribution is 7.99. The molecule has 0 aromatic heterocycles. The van der Waals surface area contributed by atoms with Crippen LogP contribution in [0.2, 0.25) is 0 Å². The monoisotopic (exact) mass is 360 g/mol. The molecule has 5 heteroatoms. The number of carbonyl (C=O) groups is 1. The maximum absolute atomic E-state index is 11.1. The minimum absolute atomic E-state index is 0.221. The van der Waals surface area contributed by atoms with E-state index in [1.165, 1.54) is 7.11 Å². The van der Waals surface area contributed by atoms with E-state index in [1.54, 1.807) is 11.8 Å². The van der Waals surface area contributed by atoms with Crippen molar-refractivity contribution in [2.24, 2.45) is 0 Å². The normalized spacial score (nSPS) is 11.8. The number of benzene rings is 2. The van der Waals surface area contributed by atoms with Gasteiger partial charge in [0.1, 0.15) is 12.4 Å². The summed E-state index contributed by atoms with van der Waals surface area (Å²) in [5, 5.41) is 10.2. The lowest BCUT2D eigenvalue weighted by atomic mass is 10.1. The molecule has 0 radical (unpaired) electrons. The van der Waals surface area contributed by atoms with Crippen molar-refractivity contribution in [1.29, 1.82) is 0 Å². The lowest BCUT2D eigenvalue weighted by molar-refractivity contribution is -0.140. The highest BCUT2D eigenvalue weighted by atomic mass is 32.2. The Morgan fingerprint density at radius 3 is 2.60 bits per heavy atom. The lowest BCUT2D eigenvalue weighted by Gasteiger charge is -2.15. The molecule has 0 spiro atoms. The number of thioether (sulfide) groups is 1. The van der Waals surface area contributed by atoms with E-state index in [2.05, 4.69) is 4.74 Å². The van der Waals surface area contributed by atoms with Crippen LogP contribution in [0, 0.1) is 0 Å². The number of hydrogen-bond donors (Lipinski definition) is 1. The summed E-state index contributed by atoms with van der Waals surface area (Å²) < 4.78 is 10.5. The predicted octanol–water partition coefficient (Wildman–Crippen LogP) is 3.47. The second-order valence-corrected chi connectivity index (χ2v) is 6.79. The number of ether oxygens (including phenoxy) is 2. The minimum atomic E-state index is -0.482. The molecule has 1 atom stereocenters. The number of para-hydroxylation sites is 1. The third-order valence-corrected chi connectivity index (χ3v) is 4.77. The zero-order valence-electron chi connectivity index (χ0n) is 14.4. The van der Waals surface area contributed by atoms with Crippen LogP contribution in [0.15, 0.2) is 54.6 Å². The maximum atomic E-state index is 11.1. The van der Waals surface area contributed by atoms with Gasteiger partial charge in [0.2, 0.25) is 0 Å². The first-order chi connectivity index (χ1) is 12.2. The van der Waals surface area contributed by atoms with E-state index in [4.69, 9.17) is 4.74 Å². The fraction of sp³-hybridized carbons (Fsp3) is 0.350. The molecule has 0 amide bonds. The molecule has 25 heavy (non-hydrogen) atoms. The third kappa shape index (κ3) is 7.20. The number of hydrogen-bond acceptors (Lipinski definition) is 5. The molecule has 1 unspecified atom stereocenters. The summed E-state index contributed by atoms with van der Waals surface area (Å²) in [5.41, 5.74) is 2.09. The Hall–Kier alpha value is -1.98. The Labute approximate surface area is 153 Å². The number of esters is 1. The summed E-state index contributed by atoms with van der Waals surface area (Å²) in [6.45, 7) is 0.502. The number of carbonyl (C=O) groups excluding carboxylic acids is 1. The number of methoxy groups -OCH3 is 1. The van der Waals surface area contributed by atoms with Crippen molar-refractivity contribution >= 4 is 17.7 Å². The Balaban J connectivity index is 1.81. The molecule has 2 rings (SSSR count). The van der Waals surface area contributed by atoms with E-state index >= 15 is 0 Å². The van der Waals surface area contributed by atoms with Gasteiger partial charge in [-0.3, -0.25) is 4.79 Å². The van der Waals surface area contributed by atoms with Crippen LogP contribution in [-0.4, -0.2) is 35.8 Å². The van der Waals surface area contributed by atoms with Gasteiger partial charge in [-0.1, -0.05) is 48.5 Å². The highest BCUT2D eigenvalue weighted by Crippen LogP contribution is 2.22. The van der Waals surface area contributed by atoms with Gasteiger partial charge in [-0.25, -0.2) is 0 Å². The first kappa shape index (κ1) is 19.3. The van der Waals surface area contributed by atoms with Crippen molar-refractivity contribution in [3.05, 3.63) is 65.7 Å². The standard InChI is InChI=1S/C20H24O4S/c1-23-20(22)11-12-25-15-18(21)13-17-9-5-6-10-19(17)24-14-16-7-3-2-4-8-16/h2-10,18,21H,11-15H2,1H3. The van der Waals surface area contributed by atoms with E-state index in [9.17, 15) is 9.90 Å². The first-order valence-electron chi connectivity index (χ1n) is 8.26. The van der Waals surface area contributed by atoms with E-state index in [0.29, 0.717) is 31.0 Å². The summed E-state index contributed by atoms with van der Waals surface area (Å²) in [6.07, 6.45) is 0.407. The van der Waals surface area contributed by atoms with Crippen LogP contribution in [0.5, 0.6) is 5.75 Å². The van der Waals surface area contributed by atoms with Crippen LogP contribution in [0.25, 0.3) is 0 Å². The highest BCUT2D eigenvalue weighted by Gasteiger charge is 2.11. The van der Waals surface area contributed by atoms with Crippen molar-refractivity contribution in [1.82, 2.24) is 0 Å². The Morgan fingerprint density at radius 2 is 1.84 bits per heavy atom. The summed E-state index contributed by atoms with van der Waals surface area (Å²) >= 11 is 1.55. The van der Waals surface area contributed by atoms with Crippen molar-refractivity contribution in [3.63, 3.8) is 0 Å². The topological polar surface area (TPSA) is 55.8 Å². The van der Waals surface area contributed by atoms with E-state index in [-0.39, 0.29) is 5.97 Å². The summed E-state index contributed by atoms with van der Waals surface area (Å²) in [4.78, 5) is 11.1. The zero-order valence-corrected chi connectivity index (χ0v) is 15.2. The van der Waals surface area contributed by atoms with E-state index < -0.39 is 6.10 Å².